The van der Waals surface area contributed by atoms with E-state index in [0.29, 0.717) is 17.4 Å². The Balaban J connectivity index is 2.33. The molecule has 3 rings (SSSR count). The van der Waals surface area contributed by atoms with Crippen LogP contribution >= 0.6 is 15.9 Å². The molecule has 0 radical (unpaired) electrons. The minimum absolute atomic E-state index is 0.565. The van der Waals surface area contributed by atoms with Crippen LogP contribution in [0, 0.1) is 6.92 Å². The van der Waals surface area contributed by atoms with Crippen LogP contribution in [0.25, 0.3) is 16.9 Å². The molecule has 0 aliphatic carbocycles. The minimum Gasteiger partial charge on any atom is -0.481 e. The first kappa shape index (κ1) is 13.0. The van der Waals surface area contributed by atoms with Gasteiger partial charge in [0.1, 0.15) is 17.2 Å². The second-order valence-corrected chi connectivity index (χ2v) is 5.43. The Hall–Kier alpha value is -2.02. The summed E-state index contributed by atoms with van der Waals surface area (Å²) in [5.74, 6) is 1.22. The fraction of sp³-hybridized carbons (Fsp3) is 0.231. The molecule has 6 nitrogen and oxygen atoms in total. The number of methoxy groups -OCH3 is 1. The Kier molecular flexibility index (Phi) is 2.93. The maximum Gasteiger partial charge on any atom is 0.221 e. The molecule has 3 heterocycles. The zero-order valence-electron chi connectivity index (χ0n) is 11.4. The number of nitrogens with two attached hydrogens (primary N) is 1. The van der Waals surface area contributed by atoms with Crippen LogP contribution in [0.15, 0.2) is 22.8 Å². The maximum absolute atomic E-state index is 6.23. The summed E-state index contributed by atoms with van der Waals surface area (Å²) in [7, 11) is 3.44. The number of aryl methyl sites for hydroxylation is 2. The Labute approximate surface area is 124 Å². The van der Waals surface area contributed by atoms with Gasteiger partial charge in [-0.05, 0) is 35.0 Å². The largest absolute Gasteiger partial charge is 0.481 e. The monoisotopic (exact) mass is 335 g/mol. The van der Waals surface area contributed by atoms with E-state index in [1.54, 1.807) is 11.8 Å². The zero-order valence-corrected chi connectivity index (χ0v) is 13.0. The number of imidazole rings is 1. The number of nitrogen functional groups attached to an aromatic ring is 1. The van der Waals surface area contributed by atoms with E-state index < -0.39 is 0 Å². The first-order valence-corrected chi connectivity index (χ1v) is 6.83. The summed E-state index contributed by atoms with van der Waals surface area (Å²) in [6, 6.07) is 3.83. The molecule has 0 unspecified atom stereocenters. The topological polar surface area (TPSA) is 70.4 Å². The third-order valence-electron chi connectivity index (χ3n) is 3.22. The second-order valence-electron chi connectivity index (χ2n) is 4.51. The molecule has 2 N–H and O–H groups in total. The molecule has 3 aromatic rings. The normalized spacial score (nSPS) is 11.2. The summed E-state index contributed by atoms with van der Waals surface area (Å²) in [4.78, 5) is 4.59. The Bertz CT molecular complexity index is 805. The van der Waals surface area contributed by atoms with Crippen LogP contribution in [0.2, 0.25) is 0 Å². The molecule has 0 saturated heterocycles. The fourth-order valence-electron chi connectivity index (χ4n) is 2.36. The highest BCUT2D eigenvalue weighted by molar-refractivity contribution is 9.10. The fourth-order valence-corrected chi connectivity index (χ4v) is 2.70. The summed E-state index contributed by atoms with van der Waals surface area (Å²) < 4.78 is 9.88. The molecule has 3 aromatic heterocycles. The van der Waals surface area contributed by atoms with Gasteiger partial charge >= 0.3 is 0 Å². The maximum atomic E-state index is 6.23. The summed E-state index contributed by atoms with van der Waals surface area (Å²) >= 11 is 3.43. The molecule has 0 aliphatic heterocycles. The Morgan fingerprint density at radius 2 is 2.10 bits per heavy atom. The van der Waals surface area contributed by atoms with Gasteiger partial charge in [-0.3, -0.25) is 4.40 Å². The van der Waals surface area contributed by atoms with Gasteiger partial charge in [0.2, 0.25) is 5.88 Å². The minimum atomic E-state index is 0.565. The molecule has 104 valence electrons. The zero-order chi connectivity index (χ0) is 14.4. The van der Waals surface area contributed by atoms with Crippen LogP contribution < -0.4 is 10.5 Å². The van der Waals surface area contributed by atoms with E-state index in [1.165, 1.54) is 0 Å². The number of hydrogen-bond donors (Lipinski definition) is 1. The average Bonchev–Trinajstić information content (AvgIpc) is 2.87. The number of aromatic nitrogens is 4. The van der Waals surface area contributed by atoms with Gasteiger partial charge in [0.15, 0.2) is 0 Å². The van der Waals surface area contributed by atoms with Gasteiger partial charge in [-0.25, -0.2) is 9.67 Å². The highest BCUT2D eigenvalue weighted by atomic mass is 79.9. The molecular weight excluding hydrogens is 322 g/mol. The molecule has 0 atom stereocenters. The van der Waals surface area contributed by atoms with Crippen molar-refractivity contribution >= 4 is 27.4 Å². The van der Waals surface area contributed by atoms with Gasteiger partial charge in [0, 0.05) is 17.7 Å². The lowest BCUT2D eigenvalue weighted by atomic mass is 10.2. The third-order valence-corrected chi connectivity index (χ3v) is 3.69. The van der Waals surface area contributed by atoms with Crippen molar-refractivity contribution in [2.45, 2.75) is 6.92 Å². The number of halogens is 1. The average molecular weight is 336 g/mol. The van der Waals surface area contributed by atoms with E-state index in [1.807, 2.05) is 36.7 Å². The smallest absolute Gasteiger partial charge is 0.221 e. The molecule has 0 amide bonds. The van der Waals surface area contributed by atoms with Crippen molar-refractivity contribution in [3.63, 3.8) is 0 Å². The van der Waals surface area contributed by atoms with Crippen molar-refractivity contribution < 1.29 is 4.74 Å². The highest BCUT2D eigenvalue weighted by Crippen LogP contribution is 2.36. The molecular formula is C13H14BrN5O. The van der Waals surface area contributed by atoms with Crippen molar-refractivity contribution in [2.75, 3.05) is 12.8 Å². The Morgan fingerprint density at radius 3 is 2.80 bits per heavy atom. The van der Waals surface area contributed by atoms with Crippen LogP contribution in [0.5, 0.6) is 5.88 Å². The Morgan fingerprint density at radius 1 is 1.35 bits per heavy atom. The van der Waals surface area contributed by atoms with Gasteiger partial charge in [0.05, 0.1) is 18.4 Å². The predicted molar refractivity (Wildman–Crippen MR) is 80.8 cm³/mol. The van der Waals surface area contributed by atoms with Crippen molar-refractivity contribution in [1.29, 1.82) is 0 Å². The number of ether oxygens (including phenoxy) is 1. The van der Waals surface area contributed by atoms with Crippen molar-refractivity contribution in [1.82, 2.24) is 19.2 Å². The van der Waals surface area contributed by atoms with Crippen LogP contribution in [0.4, 0.5) is 5.82 Å². The molecule has 20 heavy (non-hydrogen) atoms. The molecule has 0 fully saturated rings. The summed E-state index contributed by atoms with van der Waals surface area (Å²) in [5.41, 5.74) is 9.36. The van der Waals surface area contributed by atoms with E-state index >= 15 is 0 Å². The van der Waals surface area contributed by atoms with Crippen molar-refractivity contribution in [3.8, 4) is 17.1 Å². The lowest BCUT2D eigenvalue weighted by molar-refractivity contribution is 0.374. The predicted octanol–water partition coefficient (Wildman–Crippen LogP) is 2.40. The lowest BCUT2D eigenvalue weighted by Crippen LogP contribution is -1.97. The van der Waals surface area contributed by atoms with Crippen LogP contribution in [0.1, 0.15) is 5.69 Å². The number of pyridine rings is 1. The van der Waals surface area contributed by atoms with E-state index in [-0.39, 0.29) is 0 Å². The van der Waals surface area contributed by atoms with E-state index in [2.05, 4.69) is 26.0 Å². The molecule has 0 bridgehead atoms. The summed E-state index contributed by atoms with van der Waals surface area (Å²) in [6.07, 6.45) is 1.89. The number of fused-ring (bicyclic) bond motifs is 1. The molecule has 0 aliphatic rings. The summed E-state index contributed by atoms with van der Waals surface area (Å²) in [6.45, 7) is 1.91. The molecule has 0 spiro atoms. The van der Waals surface area contributed by atoms with Crippen LogP contribution in [-0.2, 0) is 7.05 Å². The molecule has 0 aromatic carbocycles. The number of anilines is 1. The number of nitrogens with zero attached hydrogens (tertiary/aromatic N) is 4. The molecule has 0 saturated carbocycles. The van der Waals surface area contributed by atoms with E-state index in [4.69, 9.17) is 10.5 Å². The third kappa shape index (κ3) is 1.77. The quantitative estimate of drug-likeness (QED) is 0.780. The van der Waals surface area contributed by atoms with Crippen LogP contribution in [-0.4, -0.2) is 26.3 Å². The van der Waals surface area contributed by atoms with Gasteiger partial charge in [0.25, 0.3) is 0 Å². The van der Waals surface area contributed by atoms with Gasteiger partial charge in [-0.1, -0.05) is 0 Å². The van der Waals surface area contributed by atoms with E-state index in [9.17, 15) is 0 Å². The van der Waals surface area contributed by atoms with Crippen LogP contribution in [0.3, 0.4) is 0 Å². The first-order chi connectivity index (χ1) is 9.52. The van der Waals surface area contributed by atoms with Crippen molar-refractivity contribution in [2.24, 2.45) is 7.05 Å². The SMILES string of the molecule is COc1c(-c2nc3ccc(Br)cn3c2N)c(C)nn1C. The second kappa shape index (κ2) is 4.52. The van der Waals surface area contributed by atoms with Gasteiger partial charge in [-0.15, -0.1) is 0 Å². The van der Waals surface area contributed by atoms with Gasteiger partial charge in [-0.2, -0.15) is 5.10 Å². The van der Waals surface area contributed by atoms with Crippen molar-refractivity contribution in [3.05, 3.63) is 28.5 Å². The number of hydrogen-bond acceptors (Lipinski definition) is 4. The highest BCUT2D eigenvalue weighted by Gasteiger charge is 2.22. The lowest BCUT2D eigenvalue weighted by Gasteiger charge is -2.03. The van der Waals surface area contributed by atoms with E-state index in [0.717, 1.165) is 21.4 Å². The summed E-state index contributed by atoms with van der Waals surface area (Å²) in [5, 5.41) is 4.36. The first-order valence-electron chi connectivity index (χ1n) is 6.04. The standard InChI is InChI=1S/C13H14BrN5O/c1-7-10(13(20-3)18(2)17-7)11-12(15)19-6-8(14)4-5-9(19)16-11/h4-6H,15H2,1-3H3. The van der Waals surface area contributed by atoms with Gasteiger partial charge < -0.3 is 10.5 Å². The molecule has 7 heteroatoms. The number of rotatable bonds is 2.